The lowest BCUT2D eigenvalue weighted by Crippen LogP contribution is -2.18. The normalized spacial score (nSPS) is 12.2. The van der Waals surface area contributed by atoms with Crippen molar-refractivity contribution in [2.24, 2.45) is 7.05 Å². The van der Waals surface area contributed by atoms with Crippen molar-refractivity contribution in [1.29, 1.82) is 0 Å². The van der Waals surface area contributed by atoms with Gasteiger partial charge in [0, 0.05) is 24.5 Å². The summed E-state index contributed by atoms with van der Waals surface area (Å²) in [6.45, 7) is 6.97. The van der Waals surface area contributed by atoms with Crippen LogP contribution in [0.1, 0.15) is 41.5 Å². The molecule has 0 aliphatic heterocycles. The zero-order chi connectivity index (χ0) is 15.4. The summed E-state index contributed by atoms with van der Waals surface area (Å²) in [7, 11) is 1.82. The van der Waals surface area contributed by atoms with E-state index in [2.05, 4.69) is 35.6 Å². The molecule has 0 fully saturated rings. The number of aryl methyl sites for hydroxylation is 1. The van der Waals surface area contributed by atoms with E-state index in [1.807, 2.05) is 32.2 Å². The molecule has 2 aromatic rings. The number of benzene rings is 1. The number of aromatic nitrogens is 2. The molecule has 1 heterocycles. The molecule has 1 atom stereocenters. The Hall–Kier alpha value is -2.14. The highest BCUT2D eigenvalue weighted by atomic mass is 16.1. The lowest BCUT2D eigenvalue weighted by molar-refractivity contribution is 0.102. The van der Waals surface area contributed by atoms with E-state index in [1.165, 1.54) is 0 Å². The zero-order valence-electron chi connectivity index (χ0n) is 13.0. The van der Waals surface area contributed by atoms with E-state index in [0.717, 1.165) is 23.5 Å². The molecule has 0 bridgehead atoms. The largest absolute Gasteiger partial charge is 0.322 e. The van der Waals surface area contributed by atoms with Gasteiger partial charge in [0.25, 0.3) is 5.91 Å². The highest BCUT2D eigenvalue weighted by molar-refractivity contribution is 6.04. The Balaban J connectivity index is 2.14. The quantitative estimate of drug-likeness (QED) is 0.888. The minimum absolute atomic E-state index is 0.131. The molecule has 2 rings (SSSR count). The Kier molecular flexibility index (Phi) is 4.75. The van der Waals surface area contributed by atoms with Gasteiger partial charge in [-0.3, -0.25) is 9.48 Å². The fourth-order valence-electron chi connectivity index (χ4n) is 2.23. The smallest absolute Gasteiger partial charge is 0.259 e. The number of hydrogen-bond donors (Lipinski definition) is 2. The molecule has 0 saturated heterocycles. The minimum Gasteiger partial charge on any atom is -0.322 e. The van der Waals surface area contributed by atoms with E-state index in [9.17, 15) is 4.79 Å². The number of carbonyl (C=O) groups is 1. The van der Waals surface area contributed by atoms with Crippen molar-refractivity contribution in [3.63, 3.8) is 0 Å². The van der Waals surface area contributed by atoms with Gasteiger partial charge in [-0.15, -0.1) is 0 Å². The summed E-state index contributed by atoms with van der Waals surface area (Å²) in [5.41, 5.74) is 3.40. The van der Waals surface area contributed by atoms with Crippen molar-refractivity contribution in [3.8, 4) is 0 Å². The highest BCUT2D eigenvalue weighted by Gasteiger charge is 2.13. The molecule has 1 aromatic carbocycles. The van der Waals surface area contributed by atoms with Gasteiger partial charge in [-0.25, -0.2) is 0 Å². The number of anilines is 1. The first kappa shape index (κ1) is 15.3. The summed E-state index contributed by atoms with van der Waals surface area (Å²) in [6.07, 6.45) is 1.59. The lowest BCUT2D eigenvalue weighted by Gasteiger charge is -2.14. The minimum atomic E-state index is -0.131. The predicted octanol–water partition coefficient (Wildman–Crippen LogP) is 2.65. The van der Waals surface area contributed by atoms with Crippen molar-refractivity contribution in [1.82, 2.24) is 15.1 Å². The number of nitrogens with zero attached hydrogens (tertiary/aromatic N) is 2. The molecule has 1 amide bonds. The highest BCUT2D eigenvalue weighted by Crippen LogP contribution is 2.18. The molecule has 112 valence electrons. The molecule has 0 aliphatic rings. The Bertz CT molecular complexity index is 633. The first-order chi connectivity index (χ1) is 10.0. The molecule has 1 unspecified atom stereocenters. The fraction of sp³-hybridized carbons (Fsp3) is 0.375. The van der Waals surface area contributed by atoms with E-state index >= 15 is 0 Å². The number of nitrogens with one attached hydrogen (secondary N) is 2. The molecule has 0 saturated carbocycles. The molecular weight excluding hydrogens is 264 g/mol. The van der Waals surface area contributed by atoms with Crippen LogP contribution in [0.15, 0.2) is 30.5 Å². The second-order valence-corrected chi connectivity index (χ2v) is 5.13. The summed E-state index contributed by atoms with van der Waals surface area (Å²) in [6, 6.07) is 8.16. The van der Waals surface area contributed by atoms with Crippen LogP contribution in [-0.2, 0) is 7.05 Å². The third kappa shape index (κ3) is 3.49. The zero-order valence-corrected chi connectivity index (χ0v) is 13.0. The van der Waals surface area contributed by atoms with E-state index in [0.29, 0.717) is 5.56 Å². The SMILES string of the molecule is CCNC(C)c1cccc(NC(=O)c2cnn(C)c2C)c1. The van der Waals surface area contributed by atoms with Crippen LogP contribution in [0.25, 0.3) is 0 Å². The molecule has 0 spiro atoms. The Morgan fingerprint density at radius 2 is 2.19 bits per heavy atom. The van der Waals surface area contributed by atoms with Gasteiger partial charge in [0.05, 0.1) is 11.8 Å². The number of carbonyl (C=O) groups excluding carboxylic acids is 1. The summed E-state index contributed by atoms with van der Waals surface area (Å²) < 4.78 is 1.69. The Morgan fingerprint density at radius 1 is 1.43 bits per heavy atom. The Morgan fingerprint density at radius 3 is 2.81 bits per heavy atom. The average molecular weight is 286 g/mol. The van der Waals surface area contributed by atoms with Crippen LogP contribution in [0.5, 0.6) is 0 Å². The topological polar surface area (TPSA) is 58.9 Å². The van der Waals surface area contributed by atoms with Gasteiger partial charge in [0.15, 0.2) is 0 Å². The van der Waals surface area contributed by atoms with Gasteiger partial charge in [-0.2, -0.15) is 5.10 Å². The first-order valence-electron chi connectivity index (χ1n) is 7.16. The average Bonchev–Trinajstić information content (AvgIpc) is 2.79. The summed E-state index contributed by atoms with van der Waals surface area (Å²) in [5, 5.41) is 10.4. The molecule has 5 heteroatoms. The lowest BCUT2D eigenvalue weighted by atomic mass is 10.1. The maximum absolute atomic E-state index is 12.3. The van der Waals surface area contributed by atoms with Crippen molar-refractivity contribution in [2.45, 2.75) is 26.8 Å². The van der Waals surface area contributed by atoms with Crippen LogP contribution in [0.2, 0.25) is 0 Å². The maximum Gasteiger partial charge on any atom is 0.259 e. The van der Waals surface area contributed by atoms with E-state index < -0.39 is 0 Å². The van der Waals surface area contributed by atoms with Crippen molar-refractivity contribution in [3.05, 3.63) is 47.3 Å². The molecule has 0 radical (unpaired) electrons. The van der Waals surface area contributed by atoms with E-state index in [1.54, 1.807) is 10.9 Å². The number of hydrogen-bond acceptors (Lipinski definition) is 3. The summed E-state index contributed by atoms with van der Waals surface area (Å²) in [4.78, 5) is 12.3. The molecule has 5 nitrogen and oxygen atoms in total. The van der Waals surface area contributed by atoms with E-state index in [-0.39, 0.29) is 11.9 Å². The predicted molar refractivity (Wildman–Crippen MR) is 84.4 cm³/mol. The van der Waals surface area contributed by atoms with Gasteiger partial charge in [-0.05, 0) is 38.1 Å². The molecular formula is C16H22N4O. The maximum atomic E-state index is 12.3. The second kappa shape index (κ2) is 6.54. The summed E-state index contributed by atoms with van der Waals surface area (Å²) in [5.74, 6) is -0.131. The van der Waals surface area contributed by atoms with E-state index in [4.69, 9.17) is 0 Å². The van der Waals surface area contributed by atoms with Crippen LogP contribution < -0.4 is 10.6 Å². The van der Waals surface area contributed by atoms with Gasteiger partial charge >= 0.3 is 0 Å². The Labute approximate surface area is 125 Å². The van der Waals surface area contributed by atoms with Crippen LogP contribution in [0.4, 0.5) is 5.69 Å². The summed E-state index contributed by atoms with van der Waals surface area (Å²) >= 11 is 0. The third-order valence-electron chi connectivity index (χ3n) is 3.63. The van der Waals surface area contributed by atoms with Crippen LogP contribution in [-0.4, -0.2) is 22.2 Å². The molecule has 0 aliphatic carbocycles. The van der Waals surface area contributed by atoms with Crippen LogP contribution in [0, 0.1) is 6.92 Å². The molecule has 1 aromatic heterocycles. The van der Waals surface area contributed by atoms with Gasteiger partial charge in [-0.1, -0.05) is 19.1 Å². The van der Waals surface area contributed by atoms with Gasteiger partial charge in [0.2, 0.25) is 0 Å². The van der Waals surface area contributed by atoms with Crippen molar-refractivity contribution < 1.29 is 4.79 Å². The van der Waals surface area contributed by atoms with Gasteiger partial charge in [0.1, 0.15) is 0 Å². The second-order valence-electron chi connectivity index (χ2n) is 5.13. The standard InChI is InChI=1S/C16H22N4O/c1-5-17-11(2)13-7-6-8-14(9-13)19-16(21)15-10-18-20(4)12(15)3/h6-11,17H,5H2,1-4H3,(H,19,21). The van der Waals surface area contributed by atoms with Crippen molar-refractivity contribution >= 4 is 11.6 Å². The fourth-order valence-corrected chi connectivity index (χ4v) is 2.23. The monoisotopic (exact) mass is 286 g/mol. The number of amides is 1. The van der Waals surface area contributed by atoms with Crippen LogP contribution in [0.3, 0.4) is 0 Å². The third-order valence-corrected chi connectivity index (χ3v) is 3.63. The van der Waals surface area contributed by atoms with Crippen LogP contribution >= 0.6 is 0 Å². The number of rotatable bonds is 5. The van der Waals surface area contributed by atoms with Crippen molar-refractivity contribution in [2.75, 3.05) is 11.9 Å². The molecule has 21 heavy (non-hydrogen) atoms. The first-order valence-corrected chi connectivity index (χ1v) is 7.16. The molecule has 2 N–H and O–H groups in total. The van der Waals surface area contributed by atoms with Gasteiger partial charge < -0.3 is 10.6 Å².